The summed E-state index contributed by atoms with van der Waals surface area (Å²) in [6, 6.07) is 11.8. The fraction of sp³-hybridized carbons (Fsp3) is 0.389. The third-order valence-corrected chi connectivity index (χ3v) is 3.77. The van der Waals surface area contributed by atoms with Crippen LogP contribution in [0.4, 0.5) is 0 Å². The number of hydrogen-bond acceptors (Lipinski definition) is 2. The molecule has 0 saturated carbocycles. The summed E-state index contributed by atoms with van der Waals surface area (Å²) in [5.41, 5.74) is 3.57. The van der Waals surface area contributed by atoms with Crippen LogP contribution in [0.2, 0.25) is 0 Å². The number of aliphatic hydroxyl groups excluding tert-OH is 1. The van der Waals surface area contributed by atoms with Gasteiger partial charge in [-0.05, 0) is 37.5 Å². The van der Waals surface area contributed by atoms with E-state index in [9.17, 15) is 9.90 Å². The van der Waals surface area contributed by atoms with Crippen LogP contribution in [0.3, 0.4) is 0 Å². The van der Waals surface area contributed by atoms with Gasteiger partial charge in [0.15, 0.2) is 0 Å². The predicted octanol–water partition coefficient (Wildman–Crippen LogP) is 3.04. The number of carbonyl (C=O) groups excluding carboxylic acids is 1. The number of hydrogen-bond donors (Lipinski definition) is 2. The van der Waals surface area contributed by atoms with Crippen molar-refractivity contribution in [2.75, 3.05) is 6.54 Å². The van der Waals surface area contributed by atoms with Crippen LogP contribution >= 0.6 is 0 Å². The minimum Gasteiger partial charge on any atom is -0.391 e. The molecule has 1 aromatic carbocycles. The first-order valence-electron chi connectivity index (χ1n) is 7.68. The van der Waals surface area contributed by atoms with E-state index in [2.05, 4.69) is 4.98 Å². The number of H-pyrrole nitrogens is 1. The first-order valence-corrected chi connectivity index (χ1v) is 7.68. The van der Waals surface area contributed by atoms with Gasteiger partial charge in [-0.3, -0.25) is 4.79 Å². The summed E-state index contributed by atoms with van der Waals surface area (Å²) in [6.45, 7) is 6.61. The highest BCUT2D eigenvalue weighted by Crippen LogP contribution is 2.15. The smallest absolute Gasteiger partial charge is 0.270 e. The summed E-state index contributed by atoms with van der Waals surface area (Å²) in [4.78, 5) is 17.7. The molecule has 118 valence electrons. The largest absolute Gasteiger partial charge is 0.391 e. The van der Waals surface area contributed by atoms with Gasteiger partial charge in [0.2, 0.25) is 0 Å². The van der Waals surface area contributed by atoms with Crippen LogP contribution in [-0.4, -0.2) is 33.5 Å². The predicted molar refractivity (Wildman–Crippen MR) is 87.7 cm³/mol. The highest BCUT2D eigenvalue weighted by Gasteiger charge is 2.21. The Morgan fingerprint density at radius 1 is 1.27 bits per heavy atom. The maximum Gasteiger partial charge on any atom is 0.270 e. The van der Waals surface area contributed by atoms with Gasteiger partial charge in [0.1, 0.15) is 5.69 Å². The number of benzene rings is 1. The molecule has 22 heavy (non-hydrogen) atoms. The normalized spacial score (nSPS) is 12.2. The fourth-order valence-electron chi connectivity index (χ4n) is 2.52. The van der Waals surface area contributed by atoms with Gasteiger partial charge in [-0.2, -0.15) is 0 Å². The van der Waals surface area contributed by atoms with Crippen molar-refractivity contribution >= 4 is 5.91 Å². The summed E-state index contributed by atoms with van der Waals surface area (Å²) in [5, 5.41) is 9.97. The quantitative estimate of drug-likeness (QED) is 0.861. The maximum absolute atomic E-state index is 12.8. The second-order valence-corrected chi connectivity index (χ2v) is 5.74. The lowest BCUT2D eigenvalue weighted by Gasteiger charge is -2.25. The van der Waals surface area contributed by atoms with Crippen LogP contribution in [0.5, 0.6) is 0 Å². The number of carbonyl (C=O) groups is 1. The zero-order valence-electron chi connectivity index (χ0n) is 13.5. The van der Waals surface area contributed by atoms with E-state index in [4.69, 9.17) is 0 Å². The van der Waals surface area contributed by atoms with E-state index >= 15 is 0 Å². The van der Waals surface area contributed by atoms with E-state index in [0.29, 0.717) is 25.2 Å². The van der Waals surface area contributed by atoms with Gasteiger partial charge in [0.25, 0.3) is 5.91 Å². The number of nitrogens with zero attached hydrogens (tertiary/aromatic N) is 1. The zero-order valence-corrected chi connectivity index (χ0v) is 13.5. The Kier molecular flexibility index (Phi) is 5.39. The lowest BCUT2D eigenvalue weighted by molar-refractivity contribution is 0.0593. The molecule has 1 amide bonds. The highest BCUT2D eigenvalue weighted by molar-refractivity contribution is 5.94. The second-order valence-electron chi connectivity index (χ2n) is 5.74. The Hall–Kier alpha value is -2.07. The molecule has 0 aliphatic rings. The third kappa shape index (κ3) is 3.98. The number of rotatable bonds is 6. The molecule has 4 heteroatoms. The van der Waals surface area contributed by atoms with Gasteiger partial charge in [-0.1, -0.05) is 37.3 Å². The Labute approximate surface area is 131 Å². The zero-order chi connectivity index (χ0) is 16.1. The molecule has 0 aliphatic carbocycles. The third-order valence-electron chi connectivity index (χ3n) is 3.77. The van der Waals surface area contributed by atoms with Crippen molar-refractivity contribution in [3.05, 3.63) is 58.9 Å². The number of amides is 1. The summed E-state index contributed by atoms with van der Waals surface area (Å²) >= 11 is 0. The van der Waals surface area contributed by atoms with Gasteiger partial charge in [0.05, 0.1) is 6.10 Å². The number of aromatic nitrogens is 1. The molecule has 1 unspecified atom stereocenters. The Morgan fingerprint density at radius 3 is 2.50 bits per heavy atom. The molecule has 0 bridgehead atoms. The monoisotopic (exact) mass is 300 g/mol. The number of aryl methyl sites for hydroxylation is 2. The molecule has 1 aromatic heterocycles. The average Bonchev–Trinajstić information content (AvgIpc) is 2.85. The Morgan fingerprint density at radius 2 is 1.95 bits per heavy atom. The standard InChI is InChI=1S/C18H24N2O2/c1-4-16(21)12-20(11-15-8-6-5-7-9-15)18(22)17-13(2)10-14(3)19-17/h5-10,16,19,21H,4,11-12H2,1-3H3. The SMILES string of the molecule is CCC(O)CN(Cc1ccccc1)C(=O)c1[nH]c(C)cc1C. The fourth-order valence-corrected chi connectivity index (χ4v) is 2.52. The van der Waals surface area contributed by atoms with Gasteiger partial charge in [-0.25, -0.2) is 0 Å². The van der Waals surface area contributed by atoms with Gasteiger partial charge < -0.3 is 15.0 Å². The van der Waals surface area contributed by atoms with Crippen LogP contribution in [-0.2, 0) is 6.54 Å². The van der Waals surface area contributed by atoms with Crippen molar-refractivity contribution in [2.45, 2.75) is 39.8 Å². The van der Waals surface area contributed by atoms with Crippen molar-refractivity contribution in [3.8, 4) is 0 Å². The molecule has 0 fully saturated rings. The Balaban J connectivity index is 2.23. The molecule has 2 aromatic rings. The van der Waals surface area contributed by atoms with Crippen LogP contribution in [0.15, 0.2) is 36.4 Å². The molecular formula is C18H24N2O2. The van der Waals surface area contributed by atoms with E-state index in [1.807, 2.05) is 57.2 Å². The Bertz CT molecular complexity index is 619. The molecule has 2 rings (SSSR count). The highest BCUT2D eigenvalue weighted by atomic mass is 16.3. The van der Waals surface area contributed by atoms with Crippen molar-refractivity contribution in [3.63, 3.8) is 0 Å². The summed E-state index contributed by atoms with van der Waals surface area (Å²) in [5.74, 6) is -0.0676. The minimum atomic E-state index is -0.510. The van der Waals surface area contributed by atoms with Crippen LogP contribution in [0, 0.1) is 13.8 Å². The lowest BCUT2D eigenvalue weighted by atomic mass is 10.1. The van der Waals surface area contributed by atoms with Crippen LogP contribution in [0.25, 0.3) is 0 Å². The van der Waals surface area contributed by atoms with Crippen molar-refractivity contribution < 1.29 is 9.90 Å². The van der Waals surface area contributed by atoms with E-state index in [0.717, 1.165) is 16.8 Å². The van der Waals surface area contributed by atoms with Gasteiger partial charge >= 0.3 is 0 Å². The van der Waals surface area contributed by atoms with Gasteiger partial charge in [-0.15, -0.1) is 0 Å². The van der Waals surface area contributed by atoms with Gasteiger partial charge in [0, 0.05) is 18.8 Å². The molecule has 1 atom stereocenters. The van der Waals surface area contributed by atoms with Crippen molar-refractivity contribution in [1.29, 1.82) is 0 Å². The van der Waals surface area contributed by atoms with E-state index in [1.54, 1.807) is 4.90 Å². The summed E-state index contributed by atoms with van der Waals surface area (Å²) < 4.78 is 0. The van der Waals surface area contributed by atoms with Crippen molar-refractivity contribution in [1.82, 2.24) is 9.88 Å². The minimum absolute atomic E-state index is 0.0676. The van der Waals surface area contributed by atoms with Crippen LogP contribution < -0.4 is 0 Å². The lowest BCUT2D eigenvalue weighted by Crippen LogP contribution is -2.37. The van der Waals surface area contributed by atoms with E-state index in [1.165, 1.54) is 0 Å². The molecule has 4 nitrogen and oxygen atoms in total. The maximum atomic E-state index is 12.8. The summed E-state index contributed by atoms with van der Waals surface area (Å²) in [7, 11) is 0. The number of aliphatic hydroxyl groups is 1. The molecular weight excluding hydrogens is 276 g/mol. The topological polar surface area (TPSA) is 56.3 Å². The molecule has 2 N–H and O–H groups in total. The first-order chi connectivity index (χ1) is 10.5. The molecule has 0 spiro atoms. The molecule has 0 radical (unpaired) electrons. The second kappa shape index (κ2) is 7.27. The van der Waals surface area contributed by atoms with Crippen LogP contribution in [0.1, 0.15) is 40.7 Å². The number of nitrogens with one attached hydrogen (secondary N) is 1. The first kappa shape index (κ1) is 16.3. The summed E-state index contributed by atoms with van der Waals surface area (Å²) in [6.07, 6.45) is 0.116. The van der Waals surface area contributed by atoms with Crippen molar-refractivity contribution in [2.24, 2.45) is 0 Å². The van der Waals surface area contributed by atoms with E-state index < -0.39 is 6.10 Å². The average molecular weight is 300 g/mol. The molecule has 0 aliphatic heterocycles. The molecule has 1 heterocycles. The van der Waals surface area contributed by atoms with E-state index in [-0.39, 0.29) is 5.91 Å². The molecule has 0 saturated heterocycles. The number of aromatic amines is 1.